The molecule has 2 rings (SSSR count). The van der Waals surface area contributed by atoms with Crippen molar-refractivity contribution < 1.29 is 0 Å². The summed E-state index contributed by atoms with van der Waals surface area (Å²) in [5, 5.41) is 0. The van der Waals surface area contributed by atoms with Crippen LogP contribution in [0.25, 0.3) is 16.8 Å². The first-order valence-corrected chi connectivity index (χ1v) is 7.79. The van der Waals surface area contributed by atoms with Crippen molar-refractivity contribution in [3.8, 4) is 11.3 Å². The van der Waals surface area contributed by atoms with Crippen molar-refractivity contribution in [3.05, 3.63) is 79.0 Å². The second-order valence-corrected chi connectivity index (χ2v) is 4.42. The lowest BCUT2D eigenvalue weighted by Crippen LogP contribution is -1.83. The first-order chi connectivity index (χ1) is 10.7. The second-order valence-electron chi connectivity index (χ2n) is 4.42. The minimum atomic E-state index is 1.17. The standard InChI is InChI=1S/C17H19N.C2H6.C2H4/c1-4-7-14(5-2)15-8-6-9-16(11-15)17-10-13(3)12-18-17;2*1-2/h4-12,18H,1-3H3;1-2H3;1-2H2/b7-4-,14-5+;;. The molecule has 118 valence electrons. The first-order valence-electron chi connectivity index (χ1n) is 7.79. The van der Waals surface area contributed by atoms with Crippen LogP contribution < -0.4 is 0 Å². The molecule has 1 heteroatoms. The topological polar surface area (TPSA) is 15.8 Å². The lowest BCUT2D eigenvalue weighted by atomic mass is 10.0. The average Bonchev–Trinajstić information content (AvgIpc) is 3.03. The normalized spacial score (nSPS) is 10.5. The zero-order valence-corrected chi connectivity index (χ0v) is 14.6. The van der Waals surface area contributed by atoms with E-state index in [0.29, 0.717) is 0 Å². The number of allylic oxidation sites excluding steroid dienone is 4. The Morgan fingerprint density at radius 3 is 2.27 bits per heavy atom. The monoisotopic (exact) mass is 295 g/mol. The van der Waals surface area contributed by atoms with Crippen molar-refractivity contribution in [3.63, 3.8) is 0 Å². The minimum absolute atomic E-state index is 1.17. The van der Waals surface area contributed by atoms with Gasteiger partial charge >= 0.3 is 0 Å². The Balaban J connectivity index is 0.00000102. The van der Waals surface area contributed by atoms with Crippen LogP contribution in [0.4, 0.5) is 0 Å². The lowest BCUT2D eigenvalue weighted by molar-refractivity contribution is 1.38. The molecule has 2 aromatic rings. The maximum absolute atomic E-state index is 3.30. The molecule has 0 bridgehead atoms. The molecule has 0 aliphatic heterocycles. The third-order valence-electron chi connectivity index (χ3n) is 2.99. The number of H-pyrrole nitrogens is 1. The van der Waals surface area contributed by atoms with E-state index in [1.165, 1.54) is 28.0 Å². The van der Waals surface area contributed by atoms with E-state index < -0.39 is 0 Å². The molecule has 1 aromatic carbocycles. The number of rotatable bonds is 3. The van der Waals surface area contributed by atoms with Crippen LogP contribution in [0.1, 0.15) is 38.8 Å². The van der Waals surface area contributed by atoms with E-state index in [-0.39, 0.29) is 0 Å². The van der Waals surface area contributed by atoms with Gasteiger partial charge in [0.25, 0.3) is 0 Å². The molecule has 0 amide bonds. The third-order valence-corrected chi connectivity index (χ3v) is 2.99. The van der Waals surface area contributed by atoms with Crippen LogP contribution in [0.15, 0.2) is 67.9 Å². The van der Waals surface area contributed by atoms with Gasteiger partial charge in [-0.1, -0.05) is 50.3 Å². The van der Waals surface area contributed by atoms with Gasteiger partial charge in [0.15, 0.2) is 0 Å². The molecule has 0 spiro atoms. The third kappa shape index (κ3) is 5.61. The van der Waals surface area contributed by atoms with Crippen molar-refractivity contribution >= 4 is 5.57 Å². The van der Waals surface area contributed by atoms with Gasteiger partial charge in [-0.15, -0.1) is 13.2 Å². The number of aromatic amines is 1. The van der Waals surface area contributed by atoms with E-state index >= 15 is 0 Å². The molecule has 1 N–H and O–H groups in total. The number of aromatic nitrogens is 1. The van der Waals surface area contributed by atoms with Gasteiger partial charge in [0.1, 0.15) is 0 Å². The van der Waals surface area contributed by atoms with Crippen LogP contribution in [0, 0.1) is 6.92 Å². The number of nitrogens with one attached hydrogen (secondary N) is 1. The lowest BCUT2D eigenvalue weighted by Gasteiger charge is -2.05. The van der Waals surface area contributed by atoms with Crippen LogP contribution in [0.3, 0.4) is 0 Å². The zero-order valence-electron chi connectivity index (χ0n) is 14.6. The highest BCUT2D eigenvalue weighted by atomic mass is 14.7. The summed E-state index contributed by atoms with van der Waals surface area (Å²) in [6.45, 7) is 16.2. The summed E-state index contributed by atoms with van der Waals surface area (Å²) in [4.78, 5) is 3.30. The molecular weight excluding hydrogens is 266 g/mol. The van der Waals surface area contributed by atoms with E-state index in [4.69, 9.17) is 0 Å². The van der Waals surface area contributed by atoms with E-state index in [9.17, 15) is 0 Å². The minimum Gasteiger partial charge on any atom is -0.361 e. The number of aryl methyl sites for hydroxylation is 1. The average molecular weight is 295 g/mol. The van der Waals surface area contributed by atoms with Gasteiger partial charge in [-0.3, -0.25) is 0 Å². The number of hydrogen-bond donors (Lipinski definition) is 1. The molecule has 0 atom stereocenters. The highest BCUT2D eigenvalue weighted by Gasteiger charge is 2.02. The molecule has 0 aliphatic rings. The Morgan fingerprint density at radius 1 is 1.09 bits per heavy atom. The molecule has 22 heavy (non-hydrogen) atoms. The van der Waals surface area contributed by atoms with Gasteiger partial charge in [-0.2, -0.15) is 0 Å². The highest BCUT2D eigenvalue weighted by Crippen LogP contribution is 2.24. The molecule has 0 saturated carbocycles. The van der Waals surface area contributed by atoms with Crippen molar-refractivity contribution in [1.82, 2.24) is 4.98 Å². The smallest absolute Gasteiger partial charge is 0.0456 e. The second kappa shape index (κ2) is 11.4. The summed E-state index contributed by atoms with van der Waals surface area (Å²) >= 11 is 0. The van der Waals surface area contributed by atoms with Gasteiger partial charge in [0, 0.05) is 11.9 Å². The van der Waals surface area contributed by atoms with Crippen LogP contribution in [0.2, 0.25) is 0 Å². The molecule has 0 aliphatic carbocycles. The SMILES string of the molecule is C/C=C\C(=C/C)c1cccc(-c2cc(C)c[nH]2)c1.C=C.CC. The van der Waals surface area contributed by atoms with Crippen molar-refractivity contribution in [2.24, 2.45) is 0 Å². The van der Waals surface area contributed by atoms with Gasteiger partial charge in [-0.05, 0) is 55.2 Å². The van der Waals surface area contributed by atoms with Crippen LogP contribution in [0.5, 0.6) is 0 Å². The molecule has 0 fully saturated rings. The first kappa shape index (κ1) is 19.7. The van der Waals surface area contributed by atoms with E-state index in [1.807, 2.05) is 27.0 Å². The van der Waals surface area contributed by atoms with Gasteiger partial charge in [0.05, 0.1) is 0 Å². The number of hydrogen-bond acceptors (Lipinski definition) is 0. The molecule has 1 heterocycles. The largest absolute Gasteiger partial charge is 0.361 e. The fraction of sp³-hybridized carbons (Fsp3) is 0.238. The summed E-state index contributed by atoms with van der Waals surface area (Å²) in [5.41, 5.74) is 6.16. The fourth-order valence-corrected chi connectivity index (χ4v) is 2.07. The molecule has 0 radical (unpaired) electrons. The van der Waals surface area contributed by atoms with Gasteiger partial charge < -0.3 is 4.98 Å². The summed E-state index contributed by atoms with van der Waals surface area (Å²) in [6, 6.07) is 10.8. The molecule has 1 aromatic heterocycles. The summed E-state index contributed by atoms with van der Waals surface area (Å²) in [5.74, 6) is 0. The summed E-state index contributed by atoms with van der Waals surface area (Å²) in [7, 11) is 0. The maximum Gasteiger partial charge on any atom is 0.0456 e. The van der Waals surface area contributed by atoms with Crippen molar-refractivity contribution in [1.29, 1.82) is 0 Å². The Kier molecular flexibility index (Phi) is 10.2. The van der Waals surface area contributed by atoms with Crippen molar-refractivity contribution in [2.45, 2.75) is 34.6 Å². The Hall–Kier alpha value is -2.28. The summed E-state index contributed by atoms with van der Waals surface area (Å²) in [6.07, 6.45) is 8.38. The van der Waals surface area contributed by atoms with Crippen LogP contribution in [-0.4, -0.2) is 4.98 Å². The Labute approximate surface area is 136 Å². The molecule has 0 unspecified atom stereocenters. The summed E-state index contributed by atoms with van der Waals surface area (Å²) < 4.78 is 0. The van der Waals surface area contributed by atoms with E-state index in [0.717, 1.165) is 0 Å². The van der Waals surface area contributed by atoms with E-state index in [2.05, 4.69) is 80.5 Å². The Morgan fingerprint density at radius 2 is 1.77 bits per heavy atom. The molecule has 0 saturated heterocycles. The maximum atomic E-state index is 3.30. The van der Waals surface area contributed by atoms with Gasteiger partial charge in [0.2, 0.25) is 0 Å². The fourth-order valence-electron chi connectivity index (χ4n) is 2.07. The van der Waals surface area contributed by atoms with Crippen LogP contribution in [-0.2, 0) is 0 Å². The molecular formula is C21H29N. The number of benzene rings is 1. The Bertz CT molecular complexity index is 600. The van der Waals surface area contributed by atoms with Crippen molar-refractivity contribution in [2.75, 3.05) is 0 Å². The van der Waals surface area contributed by atoms with E-state index in [1.54, 1.807) is 0 Å². The quantitative estimate of drug-likeness (QED) is 0.473. The predicted molar refractivity (Wildman–Crippen MR) is 102 cm³/mol. The zero-order chi connectivity index (χ0) is 17.0. The highest BCUT2D eigenvalue weighted by molar-refractivity contribution is 5.77. The van der Waals surface area contributed by atoms with Gasteiger partial charge in [-0.25, -0.2) is 0 Å². The predicted octanol–water partition coefficient (Wildman–Crippen LogP) is 6.80. The molecule has 1 nitrogen and oxygen atoms in total. The van der Waals surface area contributed by atoms with Crippen LogP contribution >= 0.6 is 0 Å².